The SMILES string of the molecule is C[C@H](C(=O)Nc1ccc([N+](=O)[O-])cc1Cl)N1CCN(c2ccccc2[N+](=O)[O-])CC1. The van der Waals surface area contributed by atoms with Gasteiger partial charge in [0.1, 0.15) is 5.69 Å². The number of halogens is 1. The first-order valence-corrected chi connectivity index (χ1v) is 9.63. The molecule has 1 N–H and O–H groups in total. The van der Waals surface area contributed by atoms with Crippen LogP contribution in [0, 0.1) is 20.2 Å². The number of piperazine rings is 1. The Bertz CT molecular complexity index is 978. The predicted octanol–water partition coefficient (Wildman–Crippen LogP) is 3.31. The average molecular weight is 434 g/mol. The summed E-state index contributed by atoms with van der Waals surface area (Å²) in [7, 11) is 0. The number of nitro groups is 2. The number of para-hydroxylation sites is 2. The molecule has 1 heterocycles. The fraction of sp³-hybridized carbons (Fsp3) is 0.316. The Morgan fingerprint density at radius 2 is 1.73 bits per heavy atom. The molecular weight excluding hydrogens is 414 g/mol. The quantitative estimate of drug-likeness (QED) is 0.547. The zero-order valence-electron chi connectivity index (χ0n) is 16.2. The van der Waals surface area contributed by atoms with Crippen molar-refractivity contribution in [2.75, 3.05) is 36.4 Å². The number of hydrogen-bond acceptors (Lipinski definition) is 7. The number of hydrogen-bond donors (Lipinski definition) is 1. The minimum Gasteiger partial charge on any atom is -0.363 e. The Hall–Kier alpha value is -3.24. The number of nitro benzene ring substituents is 2. The summed E-state index contributed by atoms with van der Waals surface area (Å²) in [6.07, 6.45) is 0. The Balaban J connectivity index is 1.61. The first kappa shape index (κ1) is 21.5. The van der Waals surface area contributed by atoms with Crippen molar-refractivity contribution in [1.82, 2.24) is 4.90 Å². The van der Waals surface area contributed by atoms with Gasteiger partial charge in [-0.15, -0.1) is 0 Å². The summed E-state index contributed by atoms with van der Waals surface area (Å²) in [4.78, 5) is 37.6. The van der Waals surface area contributed by atoms with Gasteiger partial charge in [0.15, 0.2) is 0 Å². The number of carbonyl (C=O) groups is 1. The molecule has 0 saturated carbocycles. The normalized spacial score (nSPS) is 15.5. The molecule has 30 heavy (non-hydrogen) atoms. The summed E-state index contributed by atoms with van der Waals surface area (Å²) < 4.78 is 0. The Morgan fingerprint density at radius 1 is 1.07 bits per heavy atom. The Morgan fingerprint density at radius 3 is 2.33 bits per heavy atom. The maximum atomic E-state index is 12.6. The van der Waals surface area contributed by atoms with Crippen molar-refractivity contribution in [2.24, 2.45) is 0 Å². The van der Waals surface area contributed by atoms with Gasteiger partial charge in [0, 0.05) is 44.4 Å². The van der Waals surface area contributed by atoms with Crippen LogP contribution in [-0.2, 0) is 4.79 Å². The number of benzene rings is 2. The summed E-state index contributed by atoms with van der Waals surface area (Å²) in [5, 5.41) is 24.8. The van der Waals surface area contributed by atoms with Gasteiger partial charge in [0.05, 0.1) is 26.6 Å². The lowest BCUT2D eigenvalue weighted by atomic mass is 10.1. The van der Waals surface area contributed by atoms with E-state index in [9.17, 15) is 25.0 Å². The maximum absolute atomic E-state index is 12.6. The molecule has 1 atom stereocenters. The van der Waals surface area contributed by atoms with Crippen molar-refractivity contribution in [3.05, 3.63) is 67.7 Å². The summed E-state index contributed by atoms with van der Waals surface area (Å²) >= 11 is 6.04. The fourth-order valence-corrected chi connectivity index (χ4v) is 3.58. The van der Waals surface area contributed by atoms with Crippen LogP contribution in [0.2, 0.25) is 5.02 Å². The zero-order valence-corrected chi connectivity index (χ0v) is 16.9. The lowest BCUT2D eigenvalue weighted by Gasteiger charge is -2.38. The number of nitrogens with zero attached hydrogens (tertiary/aromatic N) is 4. The molecule has 1 fully saturated rings. The van der Waals surface area contributed by atoms with Gasteiger partial charge >= 0.3 is 0 Å². The van der Waals surface area contributed by atoms with E-state index in [1.807, 2.05) is 9.80 Å². The monoisotopic (exact) mass is 433 g/mol. The molecule has 0 unspecified atom stereocenters. The molecule has 1 amide bonds. The van der Waals surface area contributed by atoms with Gasteiger partial charge in [-0.1, -0.05) is 23.7 Å². The first-order chi connectivity index (χ1) is 14.3. The number of rotatable bonds is 6. The second kappa shape index (κ2) is 9.06. The van der Waals surface area contributed by atoms with Gasteiger partial charge in [-0.3, -0.25) is 29.9 Å². The van der Waals surface area contributed by atoms with E-state index >= 15 is 0 Å². The number of anilines is 2. The van der Waals surface area contributed by atoms with Crippen LogP contribution in [0.15, 0.2) is 42.5 Å². The van der Waals surface area contributed by atoms with Crippen molar-refractivity contribution < 1.29 is 14.6 Å². The predicted molar refractivity (Wildman–Crippen MR) is 113 cm³/mol. The summed E-state index contributed by atoms with van der Waals surface area (Å²) in [6, 6.07) is 9.99. The smallest absolute Gasteiger partial charge is 0.292 e. The van der Waals surface area contributed by atoms with Gasteiger partial charge in [-0.05, 0) is 19.1 Å². The van der Waals surface area contributed by atoms with Crippen LogP contribution >= 0.6 is 11.6 Å². The molecule has 2 aromatic rings. The molecule has 0 aromatic heterocycles. The highest BCUT2D eigenvalue weighted by Gasteiger charge is 2.28. The third kappa shape index (κ3) is 4.66. The molecule has 10 nitrogen and oxygen atoms in total. The van der Waals surface area contributed by atoms with Gasteiger partial charge in [-0.2, -0.15) is 0 Å². The van der Waals surface area contributed by atoms with Crippen molar-refractivity contribution in [2.45, 2.75) is 13.0 Å². The molecule has 158 valence electrons. The second-order valence-electron chi connectivity index (χ2n) is 6.86. The van der Waals surface area contributed by atoms with E-state index in [1.165, 1.54) is 24.3 Å². The zero-order chi connectivity index (χ0) is 21.8. The molecule has 1 aliphatic heterocycles. The van der Waals surface area contributed by atoms with Crippen LogP contribution in [0.4, 0.5) is 22.7 Å². The lowest BCUT2D eigenvalue weighted by Crippen LogP contribution is -2.53. The van der Waals surface area contributed by atoms with Crippen molar-refractivity contribution >= 4 is 40.3 Å². The minimum atomic E-state index is -0.559. The number of carbonyl (C=O) groups excluding carboxylic acids is 1. The number of non-ortho nitro benzene ring substituents is 1. The van der Waals surface area contributed by atoms with Gasteiger partial charge in [0.25, 0.3) is 11.4 Å². The van der Waals surface area contributed by atoms with E-state index in [4.69, 9.17) is 11.6 Å². The fourth-order valence-electron chi connectivity index (χ4n) is 3.36. The first-order valence-electron chi connectivity index (χ1n) is 9.25. The van der Waals surface area contributed by atoms with Gasteiger partial charge in [-0.25, -0.2) is 0 Å². The molecule has 0 spiro atoms. The van der Waals surface area contributed by atoms with Crippen molar-refractivity contribution in [3.63, 3.8) is 0 Å². The largest absolute Gasteiger partial charge is 0.363 e. The Labute approximate surface area is 177 Å². The van der Waals surface area contributed by atoms with E-state index in [0.29, 0.717) is 37.6 Å². The molecule has 0 bridgehead atoms. The number of nitrogens with one attached hydrogen (secondary N) is 1. The highest BCUT2D eigenvalue weighted by atomic mass is 35.5. The van der Waals surface area contributed by atoms with Crippen LogP contribution < -0.4 is 10.2 Å². The van der Waals surface area contributed by atoms with E-state index < -0.39 is 15.9 Å². The summed E-state index contributed by atoms with van der Waals surface area (Å²) in [5.41, 5.74) is 0.774. The average Bonchev–Trinajstić information content (AvgIpc) is 2.74. The van der Waals surface area contributed by atoms with E-state index in [2.05, 4.69) is 5.32 Å². The van der Waals surface area contributed by atoms with Crippen LogP contribution in [0.3, 0.4) is 0 Å². The molecule has 1 saturated heterocycles. The molecule has 2 aromatic carbocycles. The maximum Gasteiger partial charge on any atom is 0.292 e. The summed E-state index contributed by atoms with van der Waals surface area (Å²) in [5.74, 6) is -0.287. The van der Waals surface area contributed by atoms with E-state index in [-0.39, 0.29) is 22.3 Å². The minimum absolute atomic E-state index is 0.0598. The highest BCUT2D eigenvalue weighted by molar-refractivity contribution is 6.34. The second-order valence-corrected chi connectivity index (χ2v) is 7.26. The summed E-state index contributed by atoms with van der Waals surface area (Å²) in [6.45, 7) is 3.94. The molecule has 0 radical (unpaired) electrons. The van der Waals surface area contributed by atoms with Crippen LogP contribution in [0.25, 0.3) is 0 Å². The number of amides is 1. The third-order valence-electron chi connectivity index (χ3n) is 5.08. The standard InChI is InChI=1S/C19H20ClN5O5/c1-13(19(26)21-16-7-6-14(24(27)28)12-15(16)20)22-8-10-23(11-9-22)17-4-2-3-5-18(17)25(29)30/h2-7,12-13H,8-11H2,1H3,(H,21,26)/t13-/m1/s1. The van der Waals surface area contributed by atoms with Crippen LogP contribution in [0.5, 0.6) is 0 Å². The lowest BCUT2D eigenvalue weighted by molar-refractivity contribution is -0.384. The Kier molecular flexibility index (Phi) is 6.48. The van der Waals surface area contributed by atoms with Crippen molar-refractivity contribution in [1.29, 1.82) is 0 Å². The van der Waals surface area contributed by atoms with Gasteiger partial charge < -0.3 is 10.2 Å². The third-order valence-corrected chi connectivity index (χ3v) is 5.39. The molecule has 1 aliphatic rings. The van der Waals surface area contributed by atoms with E-state index in [0.717, 1.165) is 0 Å². The van der Waals surface area contributed by atoms with Crippen LogP contribution in [-0.4, -0.2) is 52.9 Å². The van der Waals surface area contributed by atoms with E-state index in [1.54, 1.807) is 25.1 Å². The topological polar surface area (TPSA) is 122 Å². The van der Waals surface area contributed by atoms with Crippen molar-refractivity contribution in [3.8, 4) is 0 Å². The molecule has 11 heteroatoms. The molecule has 0 aliphatic carbocycles. The molecular formula is C19H20ClN5O5. The van der Waals surface area contributed by atoms with Crippen LogP contribution in [0.1, 0.15) is 6.92 Å². The molecule has 3 rings (SSSR count). The highest BCUT2D eigenvalue weighted by Crippen LogP contribution is 2.29. The van der Waals surface area contributed by atoms with Gasteiger partial charge in [0.2, 0.25) is 5.91 Å².